The van der Waals surface area contributed by atoms with Crippen molar-refractivity contribution in [2.24, 2.45) is 0 Å². The van der Waals surface area contributed by atoms with Crippen molar-refractivity contribution in [3.63, 3.8) is 0 Å². The third kappa shape index (κ3) is 5.58. The van der Waals surface area contributed by atoms with E-state index in [-0.39, 0.29) is 6.04 Å². The molecule has 3 aromatic rings. The van der Waals surface area contributed by atoms with E-state index in [1.807, 2.05) is 60.7 Å². The van der Waals surface area contributed by atoms with Gasteiger partial charge in [0.1, 0.15) is 5.75 Å². The molecule has 0 saturated heterocycles. The van der Waals surface area contributed by atoms with E-state index in [4.69, 9.17) is 4.74 Å². The molecule has 0 aliphatic carbocycles. The molecular weight excluding hydrogens is 470 g/mol. The number of anilines is 1. The zero-order valence-corrected chi connectivity index (χ0v) is 18.1. The van der Waals surface area contributed by atoms with Gasteiger partial charge in [-0.2, -0.15) is 0 Å². The molecule has 2 atom stereocenters. The van der Waals surface area contributed by atoms with Crippen LogP contribution in [0, 0.1) is 0 Å². The fourth-order valence-corrected chi connectivity index (χ4v) is 3.43. The summed E-state index contributed by atoms with van der Waals surface area (Å²) in [5, 5.41) is 14.3. The van der Waals surface area contributed by atoms with E-state index in [1.165, 1.54) is 0 Å². The van der Waals surface area contributed by atoms with Crippen LogP contribution in [0.2, 0.25) is 0 Å². The zero-order chi connectivity index (χ0) is 19.2. The van der Waals surface area contributed by atoms with Crippen molar-refractivity contribution in [3.05, 3.63) is 92.9 Å². The number of rotatable bonds is 7. The third-order valence-electron chi connectivity index (χ3n) is 4.42. The Labute approximate surface area is 176 Å². The molecule has 0 fully saturated rings. The van der Waals surface area contributed by atoms with Crippen LogP contribution in [-0.4, -0.2) is 12.2 Å². The lowest BCUT2D eigenvalue weighted by atomic mass is 9.96. The lowest BCUT2D eigenvalue weighted by Crippen LogP contribution is -2.15. The Kier molecular flexibility index (Phi) is 6.94. The second-order valence-electron chi connectivity index (χ2n) is 6.28. The summed E-state index contributed by atoms with van der Waals surface area (Å²) in [5.74, 6) is 0.815. The number of hydrogen-bond acceptors (Lipinski definition) is 3. The molecular formula is C22H21Br2NO2. The Morgan fingerprint density at radius 2 is 1.33 bits per heavy atom. The molecule has 3 nitrogen and oxygen atoms in total. The minimum atomic E-state index is -0.572. The molecule has 5 heteroatoms. The first-order valence-electron chi connectivity index (χ1n) is 8.65. The minimum Gasteiger partial charge on any atom is -0.497 e. The van der Waals surface area contributed by atoms with Gasteiger partial charge in [-0.1, -0.05) is 56.1 Å². The van der Waals surface area contributed by atoms with Crippen LogP contribution in [0.4, 0.5) is 5.69 Å². The van der Waals surface area contributed by atoms with Crippen LogP contribution in [0.1, 0.15) is 29.7 Å². The van der Waals surface area contributed by atoms with Crippen LogP contribution in [0.3, 0.4) is 0 Å². The fraction of sp³-hybridized carbons (Fsp3) is 0.182. The maximum atomic E-state index is 10.8. The second kappa shape index (κ2) is 9.40. The summed E-state index contributed by atoms with van der Waals surface area (Å²) in [4.78, 5) is 0. The highest BCUT2D eigenvalue weighted by atomic mass is 79.9. The summed E-state index contributed by atoms with van der Waals surface area (Å²) in [5.41, 5.74) is 2.99. The van der Waals surface area contributed by atoms with Gasteiger partial charge in [0, 0.05) is 21.1 Å². The lowest BCUT2D eigenvalue weighted by molar-refractivity contribution is 0.160. The van der Waals surface area contributed by atoms with Crippen LogP contribution in [-0.2, 0) is 0 Å². The number of ether oxygens (including phenoxy) is 1. The van der Waals surface area contributed by atoms with Crippen molar-refractivity contribution in [2.45, 2.75) is 18.6 Å². The zero-order valence-electron chi connectivity index (χ0n) is 14.9. The summed E-state index contributed by atoms with van der Waals surface area (Å²) in [7, 11) is 1.65. The number of hydrogen-bond donors (Lipinski definition) is 2. The van der Waals surface area contributed by atoms with Crippen LogP contribution in [0.25, 0.3) is 0 Å². The van der Waals surface area contributed by atoms with E-state index in [9.17, 15) is 5.11 Å². The molecule has 0 spiro atoms. The predicted molar refractivity (Wildman–Crippen MR) is 117 cm³/mol. The first-order valence-corrected chi connectivity index (χ1v) is 10.2. The van der Waals surface area contributed by atoms with Crippen LogP contribution in [0.15, 0.2) is 81.7 Å². The standard InChI is InChI=1S/C22H21Br2NO2/c1-27-20-12-10-19(11-13-20)25-21(15-2-6-17(23)7-3-15)14-22(26)16-4-8-18(24)9-5-16/h2-13,21-22,25-26H,14H2,1H3. The highest BCUT2D eigenvalue weighted by molar-refractivity contribution is 9.10. The molecule has 0 aromatic heterocycles. The van der Waals surface area contributed by atoms with Crippen LogP contribution in [0.5, 0.6) is 5.75 Å². The summed E-state index contributed by atoms with van der Waals surface area (Å²) in [6.45, 7) is 0. The van der Waals surface area contributed by atoms with Crippen molar-refractivity contribution in [2.75, 3.05) is 12.4 Å². The van der Waals surface area contributed by atoms with Gasteiger partial charge in [-0.25, -0.2) is 0 Å². The third-order valence-corrected chi connectivity index (χ3v) is 5.47. The molecule has 0 aliphatic rings. The Hall–Kier alpha value is -1.82. The first kappa shape index (κ1) is 19.9. The van der Waals surface area contributed by atoms with Gasteiger partial charge in [-0.3, -0.25) is 0 Å². The number of methoxy groups -OCH3 is 1. The minimum absolute atomic E-state index is 0.0369. The van der Waals surface area contributed by atoms with Crippen molar-refractivity contribution >= 4 is 37.5 Å². The van der Waals surface area contributed by atoms with Gasteiger partial charge in [-0.15, -0.1) is 0 Å². The highest BCUT2D eigenvalue weighted by Gasteiger charge is 2.18. The SMILES string of the molecule is COc1ccc(NC(CC(O)c2ccc(Br)cc2)c2ccc(Br)cc2)cc1. The van der Waals surface area contributed by atoms with Gasteiger partial charge in [0.25, 0.3) is 0 Å². The van der Waals surface area contributed by atoms with Crippen molar-refractivity contribution in [1.82, 2.24) is 0 Å². The summed E-state index contributed by atoms with van der Waals surface area (Å²) in [6, 6.07) is 23.7. The van der Waals surface area contributed by atoms with Gasteiger partial charge < -0.3 is 15.2 Å². The summed E-state index contributed by atoms with van der Waals surface area (Å²) >= 11 is 6.92. The van der Waals surface area contributed by atoms with E-state index < -0.39 is 6.10 Å². The molecule has 0 amide bonds. The molecule has 2 N–H and O–H groups in total. The lowest BCUT2D eigenvalue weighted by Gasteiger charge is -2.24. The molecule has 0 saturated carbocycles. The monoisotopic (exact) mass is 489 g/mol. The van der Waals surface area contributed by atoms with Gasteiger partial charge in [0.05, 0.1) is 19.3 Å². The van der Waals surface area contributed by atoms with Crippen molar-refractivity contribution < 1.29 is 9.84 Å². The first-order chi connectivity index (χ1) is 13.0. The van der Waals surface area contributed by atoms with Gasteiger partial charge in [0.15, 0.2) is 0 Å². The van der Waals surface area contributed by atoms with E-state index >= 15 is 0 Å². The number of nitrogens with one attached hydrogen (secondary N) is 1. The predicted octanol–water partition coefficient (Wildman–Crippen LogP) is 6.50. The fourth-order valence-electron chi connectivity index (χ4n) is 2.91. The van der Waals surface area contributed by atoms with Gasteiger partial charge in [-0.05, 0) is 59.7 Å². The summed E-state index contributed by atoms with van der Waals surface area (Å²) < 4.78 is 7.26. The Bertz CT molecular complexity index is 849. The van der Waals surface area contributed by atoms with E-state index in [0.29, 0.717) is 6.42 Å². The molecule has 0 bridgehead atoms. The Morgan fingerprint density at radius 3 is 1.85 bits per heavy atom. The molecule has 140 valence electrons. The smallest absolute Gasteiger partial charge is 0.119 e. The number of benzene rings is 3. The Morgan fingerprint density at radius 1 is 0.815 bits per heavy atom. The molecule has 0 heterocycles. The largest absolute Gasteiger partial charge is 0.497 e. The summed E-state index contributed by atoms with van der Waals surface area (Å²) in [6.07, 6.45) is -0.0209. The van der Waals surface area contributed by atoms with Crippen LogP contribution < -0.4 is 10.1 Å². The second-order valence-corrected chi connectivity index (χ2v) is 8.11. The van der Waals surface area contributed by atoms with E-state index in [0.717, 1.165) is 31.5 Å². The maximum absolute atomic E-state index is 10.8. The van der Waals surface area contributed by atoms with Crippen LogP contribution >= 0.6 is 31.9 Å². The molecule has 3 rings (SSSR count). The normalized spacial score (nSPS) is 13.0. The molecule has 27 heavy (non-hydrogen) atoms. The van der Waals surface area contributed by atoms with E-state index in [2.05, 4.69) is 49.3 Å². The molecule has 0 radical (unpaired) electrons. The topological polar surface area (TPSA) is 41.5 Å². The average molecular weight is 491 g/mol. The van der Waals surface area contributed by atoms with Gasteiger partial charge >= 0.3 is 0 Å². The molecule has 2 unspecified atom stereocenters. The number of aliphatic hydroxyl groups excluding tert-OH is 1. The number of halogens is 2. The van der Waals surface area contributed by atoms with Gasteiger partial charge in [0.2, 0.25) is 0 Å². The average Bonchev–Trinajstić information content (AvgIpc) is 2.69. The van der Waals surface area contributed by atoms with E-state index in [1.54, 1.807) is 7.11 Å². The molecule has 3 aromatic carbocycles. The highest BCUT2D eigenvalue weighted by Crippen LogP contribution is 2.31. The maximum Gasteiger partial charge on any atom is 0.119 e. The quantitative estimate of drug-likeness (QED) is 0.397. The Balaban J connectivity index is 1.82. The molecule has 0 aliphatic heterocycles. The van der Waals surface area contributed by atoms with Crippen molar-refractivity contribution in [1.29, 1.82) is 0 Å². The van der Waals surface area contributed by atoms with Crippen molar-refractivity contribution in [3.8, 4) is 5.75 Å². The number of aliphatic hydroxyl groups is 1.